The minimum Gasteiger partial charge on any atom is -0.311 e. The molecule has 0 saturated heterocycles. The van der Waals surface area contributed by atoms with Crippen LogP contribution in [-0.4, -0.2) is 15.8 Å². The fraction of sp³-hybridized carbons (Fsp3) is 0.308. The molecule has 0 spiro atoms. The van der Waals surface area contributed by atoms with Crippen LogP contribution in [0.5, 0.6) is 0 Å². The maximum absolute atomic E-state index is 2.66. The third-order valence-electron chi connectivity index (χ3n) is 26.3. The average Bonchev–Trinajstić information content (AvgIpc) is 1.41. The van der Waals surface area contributed by atoms with Crippen molar-refractivity contribution in [1.82, 2.24) is 9.13 Å². The van der Waals surface area contributed by atoms with Crippen LogP contribution in [-0.2, 0) is 43.3 Å². The van der Waals surface area contributed by atoms with E-state index >= 15 is 0 Å². The van der Waals surface area contributed by atoms with E-state index in [-0.39, 0.29) is 50.0 Å². The summed E-state index contributed by atoms with van der Waals surface area (Å²) in [5.41, 5.74) is 36.5. The number of anilines is 6. The van der Waals surface area contributed by atoms with Gasteiger partial charge in [0.25, 0.3) is 6.71 Å². The summed E-state index contributed by atoms with van der Waals surface area (Å²) in [5.74, 6) is 0. The van der Waals surface area contributed by atoms with E-state index < -0.39 is 0 Å². The lowest BCUT2D eigenvalue weighted by Crippen LogP contribution is -2.61. The van der Waals surface area contributed by atoms with Crippen LogP contribution in [0.25, 0.3) is 88.4 Å². The Morgan fingerprint density at radius 1 is 0.257 bits per heavy atom. The van der Waals surface area contributed by atoms with Crippen molar-refractivity contribution < 1.29 is 0 Å². The van der Waals surface area contributed by atoms with Gasteiger partial charge in [-0.05, 0) is 260 Å². The Kier molecular flexibility index (Phi) is 15.7. The molecule has 109 heavy (non-hydrogen) atoms. The molecule has 0 bridgehead atoms. The lowest BCUT2D eigenvalue weighted by molar-refractivity contribution is 0.332. The van der Waals surface area contributed by atoms with Gasteiger partial charge in [0.1, 0.15) is 0 Å². The average molecular weight is 1420 g/mol. The second-order valence-electron chi connectivity index (χ2n) is 39.6. The van der Waals surface area contributed by atoms with E-state index in [0.29, 0.717) is 0 Å². The van der Waals surface area contributed by atoms with Gasteiger partial charge in [0.2, 0.25) is 0 Å². The van der Waals surface area contributed by atoms with Crippen LogP contribution >= 0.6 is 0 Å². The number of benzene rings is 12. The van der Waals surface area contributed by atoms with Crippen molar-refractivity contribution in [1.29, 1.82) is 0 Å². The van der Waals surface area contributed by atoms with Crippen molar-refractivity contribution in [3.05, 3.63) is 281 Å². The molecule has 0 amide bonds. The molecule has 0 saturated carbocycles. The number of hydrogen-bond donors (Lipinski definition) is 0. The van der Waals surface area contributed by atoms with E-state index in [1.165, 1.54) is 175 Å². The summed E-state index contributed by atoms with van der Waals surface area (Å²) in [4.78, 5) is 5.30. The zero-order chi connectivity index (χ0) is 76.3. The standard InChI is InChI=1S/C104H107BN4/c1-97(2,3)70-25-23-24-66(54-70)69-34-46-92-87(57-69)105-86-45-42-76(108-88-27-22-21-26-78(88)79-58-71(98(4,5)6)35-47-89(79)108)61-93(86)107(75-40-30-65(31-41-75)68-33-44-83-85(56-68)104(19,20)53-51-102(83,15)16)95-63-77(109-90-48-36-72(99(7,8)9)59-80(90)81-60-73(100(10,11)12)37-49-91(81)109)62-94(96(95)105)106(92)74-38-28-64(29-39-74)67-32-43-82-84(55-67)103(17,18)52-50-101(82,13)14/h21-49,54-63H,50-53H2,1-20H3. The largest absolute Gasteiger partial charge is 0.311 e. The van der Waals surface area contributed by atoms with E-state index in [1.54, 1.807) is 0 Å². The van der Waals surface area contributed by atoms with E-state index in [0.717, 1.165) is 34.1 Å². The van der Waals surface area contributed by atoms with Crippen LogP contribution in [0.4, 0.5) is 34.1 Å². The molecule has 0 atom stereocenters. The molecule has 0 radical (unpaired) electrons. The minimum atomic E-state index is -0.185. The van der Waals surface area contributed by atoms with Gasteiger partial charge >= 0.3 is 0 Å². The third-order valence-corrected chi connectivity index (χ3v) is 26.3. The molecular formula is C104H107BN4. The van der Waals surface area contributed by atoms with Gasteiger partial charge in [0, 0.05) is 61.4 Å². The second-order valence-corrected chi connectivity index (χ2v) is 39.6. The first-order valence-corrected chi connectivity index (χ1v) is 40.3. The fourth-order valence-corrected chi connectivity index (χ4v) is 19.2. The van der Waals surface area contributed by atoms with Gasteiger partial charge in [0.15, 0.2) is 0 Å². The van der Waals surface area contributed by atoms with Crippen LogP contribution < -0.4 is 26.2 Å². The smallest absolute Gasteiger partial charge is 0.252 e. The molecule has 546 valence electrons. The summed E-state index contributed by atoms with van der Waals surface area (Å²) in [7, 11) is 0. The van der Waals surface area contributed by atoms with E-state index in [2.05, 4.69) is 394 Å². The van der Waals surface area contributed by atoms with Crippen molar-refractivity contribution in [3.63, 3.8) is 0 Å². The fourth-order valence-electron chi connectivity index (χ4n) is 19.2. The number of hydrogen-bond acceptors (Lipinski definition) is 2. The first kappa shape index (κ1) is 70.6. The van der Waals surface area contributed by atoms with Crippen molar-refractivity contribution in [3.8, 4) is 44.8 Å². The Labute approximate surface area is 649 Å². The Hall–Kier alpha value is -10.1. The molecule has 2 aliphatic carbocycles. The monoisotopic (exact) mass is 1420 g/mol. The number of nitrogens with zero attached hydrogens (tertiary/aromatic N) is 4. The molecule has 2 aliphatic heterocycles. The van der Waals surface area contributed by atoms with Crippen LogP contribution in [0.3, 0.4) is 0 Å². The van der Waals surface area contributed by atoms with E-state index in [1.807, 2.05) is 0 Å². The number of fused-ring (bicyclic) bond motifs is 12. The Balaban J connectivity index is 0.940. The van der Waals surface area contributed by atoms with Gasteiger partial charge in [-0.1, -0.05) is 278 Å². The zero-order valence-corrected chi connectivity index (χ0v) is 68.2. The van der Waals surface area contributed by atoms with Gasteiger partial charge in [0.05, 0.1) is 27.8 Å². The van der Waals surface area contributed by atoms with Crippen LogP contribution in [0.1, 0.15) is 209 Å². The summed E-state index contributed by atoms with van der Waals surface area (Å²) in [5, 5.41) is 5.06. The lowest BCUT2D eigenvalue weighted by atomic mass is 9.33. The molecular weight excluding hydrogens is 1320 g/mol. The van der Waals surface area contributed by atoms with Crippen molar-refractivity contribution in [2.45, 2.75) is 207 Å². The summed E-state index contributed by atoms with van der Waals surface area (Å²) in [6.45, 7) is 47.4. The summed E-state index contributed by atoms with van der Waals surface area (Å²) in [6.07, 6.45) is 4.71. The van der Waals surface area contributed by atoms with Crippen molar-refractivity contribution in [2.75, 3.05) is 9.80 Å². The first-order chi connectivity index (χ1) is 51.5. The zero-order valence-electron chi connectivity index (χ0n) is 68.2. The molecule has 0 unspecified atom stereocenters. The van der Waals surface area contributed by atoms with Crippen LogP contribution in [0.15, 0.2) is 237 Å². The highest BCUT2D eigenvalue weighted by Crippen LogP contribution is 2.53. The molecule has 4 nitrogen and oxygen atoms in total. The molecule has 4 aliphatic rings. The maximum atomic E-state index is 2.66. The second kappa shape index (κ2) is 24.2. The molecule has 0 fully saturated rings. The summed E-state index contributed by atoms with van der Waals surface area (Å²) < 4.78 is 5.14. The summed E-state index contributed by atoms with van der Waals surface area (Å²) >= 11 is 0. The molecule has 4 heterocycles. The Morgan fingerprint density at radius 2 is 0.633 bits per heavy atom. The highest BCUT2D eigenvalue weighted by Gasteiger charge is 2.46. The number of rotatable bonds is 7. The Bertz CT molecular complexity index is 6020. The topological polar surface area (TPSA) is 16.3 Å². The van der Waals surface area contributed by atoms with Gasteiger partial charge < -0.3 is 18.9 Å². The summed E-state index contributed by atoms with van der Waals surface area (Å²) in [6, 6.07) is 94.2. The molecule has 18 rings (SSSR count). The van der Waals surface area contributed by atoms with Crippen LogP contribution in [0, 0.1) is 0 Å². The molecule has 14 aromatic rings. The van der Waals surface area contributed by atoms with Gasteiger partial charge in [-0.25, -0.2) is 0 Å². The minimum absolute atomic E-state index is 0.0243. The quantitative estimate of drug-likeness (QED) is 0.148. The predicted molar refractivity (Wildman–Crippen MR) is 471 cm³/mol. The Morgan fingerprint density at radius 3 is 1.12 bits per heavy atom. The van der Waals surface area contributed by atoms with E-state index in [4.69, 9.17) is 0 Å². The van der Waals surface area contributed by atoms with Gasteiger partial charge in [-0.15, -0.1) is 0 Å². The van der Waals surface area contributed by atoms with E-state index in [9.17, 15) is 0 Å². The normalized spacial score (nSPS) is 16.3. The molecule has 0 N–H and O–H groups in total. The van der Waals surface area contributed by atoms with Crippen LogP contribution in [0.2, 0.25) is 0 Å². The SMILES string of the molecule is CC(C)(C)c1cccc(-c2ccc3c(c2)B2c4ccc(-n5c6ccccc6c6cc(C(C)(C)C)ccc65)cc4N(c4ccc(-c5ccc6c(c5)C(C)(C)CCC6(C)C)cc4)c4cc(-n5c6ccc(C(C)(C)C)cc6c6cc(C(C)(C)C)ccc65)cc(c42)N3c2ccc(-c3ccc4c(c3)C(C)(C)CCC4(C)C)cc2)c1. The molecule has 5 heteroatoms. The highest BCUT2D eigenvalue weighted by molar-refractivity contribution is 7.00. The molecule has 2 aromatic heterocycles. The first-order valence-electron chi connectivity index (χ1n) is 40.3. The molecule has 12 aromatic carbocycles. The predicted octanol–water partition coefficient (Wildman–Crippen LogP) is 26.9. The lowest BCUT2D eigenvalue weighted by Gasteiger charge is -2.44. The maximum Gasteiger partial charge on any atom is 0.252 e. The number of para-hydroxylation sites is 1. The van der Waals surface area contributed by atoms with Gasteiger partial charge in [-0.2, -0.15) is 0 Å². The van der Waals surface area contributed by atoms with Gasteiger partial charge in [-0.3, -0.25) is 0 Å². The van der Waals surface area contributed by atoms with Crippen molar-refractivity contribution >= 4 is 101 Å². The highest BCUT2D eigenvalue weighted by atomic mass is 15.2. The third kappa shape index (κ3) is 11.5. The van der Waals surface area contributed by atoms with Crippen molar-refractivity contribution in [2.24, 2.45) is 0 Å². The number of aromatic nitrogens is 2.